The topological polar surface area (TPSA) is 135 Å². The van der Waals surface area contributed by atoms with E-state index in [-0.39, 0.29) is 25.2 Å². The van der Waals surface area contributed by atoms with Gasteiger partial charge in [-0.2, -0.15) is 0 Å². The highest BCUT2D eigenvalue weighted by atomic mass is 16.7. The molecular formula is C32H42N4O7. The number of nitrogens with two attached hydrogens (primary N) is 1. The van der Waals surface area contributed by atoms with Crippen LogP contribution in [0.3, 0.4) is 0 Å². The average molecular weight is 595 g/mol. The standard InChI is InChI=1S/C32H42N4O7/c1-3-4-12-34(13-7-11-33)28(37)19-36-18-24(22-15-26(41-2)30-27(16-22)42-20-43-30)29(32(39)40)25(36)10-14-35-17-21-8-5-6-9-23(21)31(35)38/h5-6,8-9,15-16,24-25,29H,3-4,7,10-14,17-20,33H2,1-2H3,(H,39,40)/t24-,25+,29-/m1/s1. The summed E-state index contributed by atoms with van der Waals surface area (Å²) in [5.74, 6) is -0.783. The van der Waals surface area contributed by atoms with Crippen LogP contribution in [0.25, 0.3) is 0 Å². The summed E-state index contributed by atoms with van der Waals surface area (Å²) in [4.78, 5) is 45.4. The first-order valence-corrected chi connectivity index (χ1v) is 15.2. The number of carboxylic acid groups (broad SMARTS) is 1. The van der Waals surface area contributed by atoms with Crippen molar-refractivity contribution in [2.75, 3.05) is 53.2 Å². The molecule has 232 valence electrons. The van der Waals surface area contributed by atoms with Crippen LogP contribution in [0.5, 0.6) is 17.2 Å². The van der Waals surface area contributed by atoms with Gasteiger partial charge >= 0.3 is 5.97 Å². The molecule has 1 saturated heterocycles. The maximum absolute atomic E-state index is 13.7. The zero-order valence-corrected chi connectivity index (χ0v) is 25.0. The summed E-state index contributed by atoms with van der Waals surface area (Å²) in [6, 6.07) is 10.7. The number of carboxylic acids is 1. The van der Waals surface area contributed by atoms with Crippen molar-refractivity contribution >= 4 is 17.8 Å². The maximum atomic E-state index is 13.7. The van der Waals surface area contributed by atoms with Crippen LogP contribution >= 0.6 is 0 Å². The Morgan fingerprint density at radius 3 is 2.67 bits per heavy atom. The summed E-state index contributed by atoms with van der Waals surface area (Å²) < 4.78 is 16.8. The van der Waals surface area contributed by atoms with Crippen molar-refractivity contribution in [1.29, 1.82) is 0 Å². The van der Waals surface area contributed by atoms with Gasteiger partial charge in [0.05, 0.1) is 19.6 Å². The third-order valence-corrected chi connectivity index (χ3v) is 8.84. The van der Waals surface area contributed by atoms with Crippen LogP contribution in [0.2, 0.25) is 0 Å². The van der Waals surface area contributed by atoms with E-state index in [1.165, 1.54) is 7.11 Å². The number of carbonyl (C=O) groups is 3. The van der Waals surface area contributed by atoms with Crippen LogP contribution in [-0.4, -0.2) is 96.8 Å². The molecule has 1 fully saturated rings. The second kappa shape index (κ2) is 13.6. The number of nitrogens with zero attached hydrogens (tertiary/aromatic N) is 3. The molecule has 0 saturated carbocycles. The minimum atomic E-state index is -0.941. The molecule has 3 heterocycles. The molecule has 2 aromatic rings. The monoisotopic (exact) mass is 594 g/mol. The van der Waals surface area contributed by atoms with Gasteiger partial charge < -0.3 is 34.9 Å². The van der Waals surface area contributed by atoms with E-state index in [2.05, 4.69) is 6.92 Å². The molecule has 3 aliphatic heterocycles. The van der Waals surface area contributed by atoms with Crippen LogP contribution in [0.1, 0.15) is 60.0 Å². The molecule has 11 heteroatoms. The third kappa shape index (κ3) is 6.42. The smallest absolute Gasteiger partial charge is 0.308 e. The number of rotatable bonds is 14. The number of hydrogen-bond acceptors (Lipinski definition) is 8. The minimum absolute atomic E-state index is 0.0374. The Labute approximate surface area is 252 Å². The molecule has 0 spiro atoms. The van der Waals surface area contributed by atoms with E-state index in [0.717, 1.165) is 24.0 Å². The number of fused-ring (bicyclic) bond motifs is 2. The van der Waals surface area contributed by atoms with Gasteiger partial charge in [0, 0.05) is 50.2 Å². The molecule has 43 heavy (non-hydrogen) atoms. The highest BCUT2D eigenvalue weighted by molar-refractivity contribution is 5.98. The molecular weight excluding hydrogens is 552 g/mol. The molecule has 0 unspecified atom stereocenters. The second-order valence-corrected chi connectivity index (χ2v) is 11.5. The van der Waals surface area contributed by atoms with Crippen molar-refractivity contribution in [3.63, 3.8) is 0 Å². The van der Waals surface area contributed by atoms with Crippen LogP contribution < -0.4 is 19.9 Å². The number of aliphatic carboxylic acids is 1. The summed E-state index contributed by atoms with van der Waals surface area (Å²) in [6.07, 6.45) is 2.96. The fraction of sp³-hybridized carbons (Fsp3) is 0.531. The molecule has 2 amide bonds. The zero-order valence-electron chi connectivity index (χ0n) is 25.0. The quantitative estimate of drug-likeness (QED) is 0.339. The largest absolute Gasteiger partial charge is 0.493 e. The number of ether oxygens (including phenoxy) is 3. The fourth-order valence-electron chi connectivity index (χ4n) is 6.60. The Balaban J connectivity index is 1.42. The Bertz CT molecular complexity index is 1330. The number of unbranched alkanes of at least 4 members (excludes halogenated alkanes) is 1. The summed E-state index contributed by atoms with van der Waals surface area (Å²) in [5.41, 5.74) is 8.17. The first kappa shape index (κ1) is 30.6. The molecule has 3 aliphatic rings. The Hall–Kier alpha value is -3.83. The summed E-state index contributed by atoms with van der Waals surface area (Å²) in [6.45, 7) is 5.18. The van der Waals surface area contributed by atoms with E-state index < -0.39 is 23.8 Å². The lowest BCUT2D eigenvalue weighted by molar-refractivity contribution is -0.144. The molecule has 3 N–H and O–H groups in total. The molecule has 11 nitrogen and oxygen atoms in total. The normalized spacial score (nSPS) is 20.9. The van der Waals surface area contributed by atoms with Gasteiger partial charge in [-0.3, -0.25) is 19.3 Å². The first-order chi connectivity index (χ1) is 20.9. The van der Waals surface area contributed by atoms with Gasteiger partial charge in [-0.05, 0) is 55.1 Å². The van der Waals surface area contributed by atoms with Crippen molar-refractivity contribution in [1.82, 2.24) is 14.7 Å². The molecule has 0 aliphatic carbocycles. The Kier molecular flexibility index (Phi) is 9.72. The van der Waals surface area contributed by atoms with Gasteiger partial charge in [0.1, 0.15) is 0 Å². The molecule has 5 rings (SSSR count). The highest BCUT2D eigenvalue weighted by Crippen LogP contribution is 2.47. The van der Waals surface area contributed by atoms with E-state index in [1.807, 2.05) is 46.2 Å². The molecule has 0 aromatic heterocycles. The van der Waals surface area contributed by atoms with Gasteiger partial charge in [-0.1, -0.05) is 31.5 Å². The SMILES string of the molecule is CCCCN(CCCN)C(=O)CN1C[C@H](c2cc(OC)c3c(c2)OCO3)[C@@H](C(=O)O)[C@@H]1CCN1Cc2ccccc2C1=O. The van der Waals surface area contributed by atoms with Crippen molar-refractivity contribution < 1.29 is 33.7 Å². The average Bonchev–Trinajstić information content (AvgIpc) is 3.71. The first-order valence-electron chi connectivity index (χ1n) is 15.2. The fourth-order valence-corrected chi connectivity index (χ4v) is 6.60. The lowest BCUT2D eigenvalue weighted by atomic mass is 9.84. The third-order valence-electron chi connectivity index (χ3n) is 8.84. The van der Waals surface area contributed by atoms with Crippen molar-refractivity contribution in [2.24, 2.45) is 11.7 Å². The van der Waals surface area contributed by atoms with Gasteiger partial charge in [0.2, 0.25) is 18.4 Å². The lowest BCUT2D eigenvalue weighted by Gasteiger charge is -2.30. The predicted molar refractivity (Wildman–Crippen MR) is 159 cm³/mol. The predicted octanol–water partition coefficient (Wildman–Crippen LogP) is 2.92. The summed E-state index contributed by atoms with van der Waals surface area (Å²) in [7, 11) is 1.54. The highest BCUT2D eigenvalue weighted by Gasteiger charge is 2.48. The van der Waals surface area contributed by atoms with Crippen molar-refractivity contribution in [3.8, 4) is 17.2 Å². The Morgan fingerprint density at radius 1 is 1.16 bits per heavy atom. The summed E-state index contributed by atoms with van der Waals surface area (Å²) >= 11 is 0. The van der Waals surface area contributed by atoms with Gasteiger partial charge in [-0.25, -0.2) is 0 Å². The molecule has 0 bridgehead atoms. The number of methoxy groups -OCH3 is 1. The Morgan fingerprint density at radius 2 is 1.95 bits per heavy atom. The van der Waals surface area contributed by atoms with Crippen molar-refractivity contribution in [2.45, 2.75) is 51.1 Å². The molecule has 0 radical (unpaired) electrons. The van der Waals surface area contributed by atoms with Gasteiger partial charge in [-0.15, -0.1) is 0 Å². The number of hydrogen-bond donors (Lipinski definition) is 2. The van der Waals surface area contributed by atoms with Gasteiger partial charge in [0.25, 0.3) is 5.91 Å². The second-order valence-electron chi connectivity index (χ2n) is 11.5. The zero-order chi connectivity index (χ0) is 30.5. The minimum Gasteiger partial charge on any atom is -0.493 e. The van der Waals surface area contributed by atoms with E-state index in [1.54, 1.807) is 4.90 Å². The van der Waals surface area contributed by atoms with Crippen LogP contribution in [-0.2, 0) is 16.1 Å². The van der Waals surface area contributed by atoms with Crippen LogP contribution in [0, 0.1) is 5.92 Å². The number of carbonyl (C=O) groups excluding carboxylic acids is 2. The number of benzene rings is 2. The van der Waals surface area contributed by atoms with E-state index in [4.69, 9.17) is 19.9 Å². The van der Waals surface area contributed by atoms with Crippen LogP contribution in [0.15, 0.2) is 36.4 Å². The van der Waals surface area contributed by atoms with E-state index >= 15 is 0 Å². The molecule has 2 aromatic carbocycles. The lowest BCUT2D eigenvalue weighted by Crippen LogP contribution is -2.46. The van der Waals surface area contributed by atoms with Gasteiger partial charge in [0.15, 0.2) is 11.5 Å². The molecule has 3 atom stereocenters. The number of amides is 2. The van der Waals surface area contributed by atoms with Crippen LogP contribution in [0.4, 0.5) is 0 Å². The number of likely N-dealkylation sites (tertiary alicyclic amines) is 1. The van der Waals surface area contributed by atoms with Crippen molar-refractivity contribution in [3.05, 3.63) is 53.1 Å². The van der Waals surface area contributed by atoms with E-state index in [9.17, 15) is 19.5 Å². The van der Waals surface area contributed by atoms with E-state index in [0.29, 0.717) is 74.9 Å². The maximum Gasteiger partial charge on any atom is 0.308 e. The summed E-state index contributed by atoms with van der Waals surface area (Å²) in [5, 5.41) is 10.6.